The molecule has 0 saturated carbocycles. The van der Waals surface area contributed by atoms with E-state index >= 15 is 0 Å². The van der Waals surface area contributed by atoms with E-state index < -0.39 is 11.7 Å². The highest BCUT2D eigenvalue weighted by Gasteiger charge is 2.29. The van der Waals surface area contributed by atoms with Crippen LogP contribution >= 0.6 is 0 Å². The second kappa shape index (κ2) is 4.93. The van der Waals surface area contributed by atoms with E-state index in [0.717, 1.165) is 0 Å². The monoisotopic (exact) mass is 226 g/mol. The quantitative estimate of drug-likeness (QED) is 0.855. The van der Waals surface area contributed by atoms with Gasteiger partial charge in [-0.1, -0.05) is 12.1 Å². The molecular weight excluding hydrogens is 207 g/mol. The molecule has 1 aromatic rings. The number of rotatable bonds is 4. The van der Waals surface area contributed by atoms with E-state index in [1.165, 1.54) is 6.07 Å². The Morgan fingerprint density at radius 1 is 1.44 bits per heavy atom. The molecule has 0 spiro atoms. The Kier molecular flexibility index (Phi) is 4.05. The third kappa shape index (κ3) is 2.80. The van der Waals surface area contributed by atoms with Crippen LogP contribution in [0, 0.1) is 12.7 Å². The average molecular weight is 226 g/mol. The van der Waals surface area contributed by atoms with Gasteiger partial charge in [0.2, 0.25) is 0 Å². The molecule has 0 radical (unpaired) electrons. The van der Waals surface area contributed by atoms with E-state index in [1.807, 2.05) is 20.8 Å². The lowest BCUT2D eigenvalue weighted by atomic mass is 9.93. The van der Waals surface area contributed by atoms with Gasteiger partial charge in [0.25, 0.3) is 0 Å². The maximum atomic E-state index is 13.1. The van der Waals surface area contributed by atoms with Gasteiger partial charge in [-0.15, -0.1) is 0 Å². The molecule has 1 N–H and O–H groups in total. The molecule has 0 aliphatic rings. The van der Waals surface area contributed by atoms with Crippen LogP contribution in [0.2, 0.25) is 0 Å². The third-order valence-electron chi connectivity index (χ3n) is 2.67. The van der Waals surface area contributed by atoms with Crippen LogP contribution in [0.3, 0.4) is 0 Å². The topological polar surface area (TPSA) is 29.5 Å². The van der Waals surface area contributed by atoms with Crippen LogP contribution in [0.25, 0.3) is 0 Å². The minimum absolute atomic E-state index is 0.259. The number of hydrogen-bond acceptors (Lipinski definition) is 2. The summed E-state index contributed by atoms with van der Waals surface area (Å²) in [6, 6.07) is 4.62. The molecule has 0 aromatic heterocycles. The van der Waals surface area contributed by atoms with Gasteiger partial charge in [-0.2, -0.15) is 0 Å². The molecule has 1 atom stereocenters. The number of aryl methyl sites for hydroxylation is 1. The van der Waals surface area contributed by atoms with Crippen molar-refractivity contribution in [1.82, 2.24) is 0 Å². The SMILES string of the molecule is CCOC(C)(C)C(O)c1ccc(F)c(C)c1. The van der Waals surface area contributed by atoms with Crippen LogP contribution in [-0.2, 0) is 4.74 Å². The molecule has 1 aromatic carbocycles. The van der Waals surface area contributed by atoms with Gasteiger partial charge in [0.1, 0.15) is 11.9 Å². The first-order valence-electron chi connectivity index (χ1n) is 5.46. The Morgan fingerprint density at radius 2 is 2.06 bits per heavy atom. The normalized spacial score (nSPS) is 13.9. The molecule has 1 unspecified atom stereocenters. The van der Waals surface area contributed by atoms with Crippen molar-refractivity contribution in [2.75, 3.05) is 6.61 Å². The molecule has 0 aliphatic carbocycles. The Bertz CT molecular complexity index is 361. The van der Waals surface area contributed by atoms with Crippen LogP contribution in [0.4, 0.5) is 4.39 Å². The largest absolute Gasteiger partial charge is 0.385 e. The molecule has 3 heteroatoms. The maximum absolute atomic E-state index is 13.1. The molecule has 0 aliphatic heterocycles. The van der Waals surface area contributed by atoms with E-state index in [1.54, 1.807) is 19.1 Å². The molecule has 2 nitrogen and oxygen atoms in total. The second-order valence-electron chi connectivity index (χ2n) is 4.45. The fourth-order valence-corrected chi connectivity index (χ4v) is 1.69. The molecule has 0 heterocycles. The molecule has 0 amide bonds. The number of benzene rings is 1. The van der Waals surface area contributed by atoms with Crippen molar-refractivity contribution in [3.8, 4) is 0 Å². The maximum Gasteiger partial charge on any atom is 0.126 e. The summed E-state index contributed by atoms with van der Waals surface area (Å²) < 4.78 is 18.6. The molecule has 0 bridgehead atoms. The number of halogens is 1. The first-order valence-corrected chi connectivity index (χ1v) is 5.46. The summed E-state index contributed by atoms with van der Waals surface area (Å²) in [6.07, 6.45) is -0.758. The summed E-state index contributed by atoms with van der Waals surface area (Å²) >= 11 is 0. The summed E-state index contributed by atoms with van der Waals surface area (Å²) in [5, 5.41) is 10.1. The Hall–Kier alpha value is -0.930. The van der Waals surface area contributed by atoms with Crippen molar-refractivity contribution in [3.05, 3.63) is 35.1 Å². The van der Waals surface area contributed by atoms with E-state index in [-0.39, 0.29) is 5.82 Å². The van der Waals surface area contributed by atoms with Crippen LogP contribution in [-0.4, -0.2) is 17.3 Å². The molecule has 90 valence electrons. The van der Waals surface area contributed by atoms with Crippen LogP contribution in [0.15, 0.2) is 18.2 Å². The van der Waals surface area contributed by atoms with Gasteiger partial charge in [0.05, 0.1) is 5.60 Å². The predicted octanol–water partition coefficient (Wildman–Crippen LogP) is 2.98. The lowest BCUT2D eigenvalue weighted by molar-refractivity contribution is -0.0983. The molecule has 0 saturated heterocycles. The molecular formula is C13H19FO2. The first-order chi connectivity index (χ1) is 7.38. The zero-order chi connectivity index (χ0) is 12.3. The van der Waals surface area contributed by atoms with Gasteiger partial charge < -0.3 is 9.84 Å². The highest BCUT2D eigenvalue weighted by Crippen LogP contribution is 2.29. The fraction of sp³-hybridized carbons (Fsp3) is 0.538. The molecule has 1 rings (SSSR count). The smallest absolute Gasteiger partial charge is 0.126 e. The van der Waals surface area contributed by atoms with E-state index in [4.69, 9.17) is 4.74 Å². The molecule has 16 heavy (non-hydrogen) atoms. The van der Waals surface area contributed by atoms with Crippen LogP contribution in [0.1, 0.15) is 38.0 Å². The summed E-state index contributed by atoms with van der Waals surface area (Å²) in [5.74, 6) is -0.259. The van der Waals surface area contributed by atoms with Crippen molar-refractivity contribution in [1.29, 1.82) is 0 Å². The minimum atomic E-state index is -0.758. The van der Waals surface area contributed by atoms with Crippen molar-refractivity contribution < 1.29 is 14.2 Å². The second-order valence-corrected chi connectivity index (χ2v) is 4.45. The Labute approximate surface area is 96.1 Å². The van der Waals surface area contributed by atoms with Gasteiger partial charge in [0, 0.05) is 6.61 Å². The third-order valence-corrected chi connectivity index (χ3v) is 2.67. The summed E-state index contributed by atoms with van der Waals surface area (Å²) in [7, 11) is 0. The van der Waals surface area contributed by atoms with Gasteiger partial charge in [-0.3, -0.25) is 0 Å². The fourth-order valence-electron chi connectivity index (χ4n) is 1.69. The molecule has 0 fully saturated rings. The first kappa shape index (κ1) is 13.1. The van der Waals surface area contributed by atoms with E-state index in [9.17, 15) is 9.50 Å². The Morgan fingerprint density at radius 3 is 2.56 bits per heavy atom. The average Bonchev–Trinajstić information content (AvgIpc) is 2.21. The predicted molar refractivity (Wildman–Crippen MR) is 61.8 cm³/mol. The number of aliphatic hydroxyl groups is 1. The highest BCUT2D eigenvalue weighted by molar-refractivity contribution is 5.27. The summed E-state index contributed by atoms with van der Waals surface area (Å²) in [4.78, 5) is 0. The van der Waals surface area contributed by atoms with Crippen molar-refractivity contribution >= 4 is 0 Å². The highest BCUT2D eigenvalue weighted by atomic mass is 19.1. The van der Waals surface area contributed by atoms with Crippen molar-refractivity contribution in [2.24, 2.45) is 0 Å². The summed E-state index contributed by atoms with van der Waals surface area (Å²) in [6.45, 7) is 7.73. The van der Waals surface area contributed by atoms with E-state index in [0.29, 0.717) is 17.7 Å². The van der Waals surface area contributed by atoms with Gasteiger partial charge in [0.15, 0.2) is 0 Å². The van der Waals surface area contributed by atoms with E-state index in [2.05, 4.69) is 0 Å². The number of ether oxygens (including phenoxy) is 1. The van der Waals surface area contributed by atoms with Gasteiger partial charge in [-0.25, -0.2) is 4.39 Å². The van der Waals surface area contributed by atoms with Gasteiger partial charge in [-0.05, 0) is 44.9 Å². The van der Waals surface area contributed by atoms with Crippen molar-refractivity contribution in [3.63, 3.8) is 0 Å². The lowest BCUT2D eigenvalue weighted by Gasteiger charge is -2.30. The number of hydrogen-bond donors (Lipinski definition) is 1. The standard InChI is InChI=1S/C13H19FO2/c1-5-16-13(3,4)12(15)10-6-7-11(14)9(2)8-10/h6-8,12,15H,5H2,1-4H3. The summed E-state index contributed by atoms with van der Waals surface area (Å²) in [5.41, 5.74) is 0.542. The Balaban J connectivity index is 2.95. The lowest BCUT2D eigenvalue weighted by Crippen LogP contribution is -2.32. The zero-order valence-electron chi connectivity index (χ0n) is 10.2. The van der Waals surface area contributed by atoms with Crippen molar-refractivity contribution in [2.45, 2.75) is 39.4 Å². The minimum Gasteiger partial charge on any atom is -0.385 e. The van der Waals surface area contributed by atoms with Crippen LogP contribution < -0.4 is 0 Å². The number of aliphatic hydroxyl groups excluding tert-OH is 1. The zero-order valence-corrected chi connectivity index (χ0v) is 10.2. The van der Waals surface area contributed by atoms with Crippen LogP contribution in [0.5, 0.6) is 0 Å². The van der Waals surface area contributed by atoms with Gasteiger partial charge >= 0.3 is 0 Å².